The molecule has 3 aromatic rings. The molecular formula is C20H18N2O5. The van der Waals surface area contributed by atoms with Gasteiger partial charge in [0.25, 0.3) is 5.91 Å². The van der Waals surface area contributed by atoms with Crippen LogP contribution in [0.25, 0.3) is 11.3 Å². The molecule has 1 N–H and O–H groups in total. The predicted octanol–water partition coefficient (Wildman–Crippen LogP) is 3.07. The van der Waals surface area contributed by atoms with Crippen LogP contribution in [-0.2, 0) is 11.3 Å². The summed E-state index contributed by atoms with van der Waals surface area (Å²) in [4.78, 5) is 23.6. The van der Waals surface area contributed by atoms with E-state index in [0.717, 1.165) is 11.3 Å². The molecule has 0 fully saturated rings. The molecule has 0 aliphatic rings. The van der Waals surface area contributed by atoms with Crippen molar-refractivity contribution in [3.05, 3.63) is 71.4 Å². The number of benzene rings is 2. The Bertz CT molecular complexity index is 930. The number of rotatable bonds is 6. The van der Waals surface area contributed by atoms with Crippen LogP contribution in [-0.4, -0.2) is 31.3 Å². The van der Waals surface area contributed by atoms with Gasteiger partial charge in [0.2, 0.25) is 0 Å². The molecule has 1 aromatic heterocycles. The average molecular weight is 366 g/mol. The Hall–Kier alpha value is -3.61. The third-order valence-electron chi connectivity index (χ3n) is 3.93. The summed E-state index contributed by atoms with van der Waals surface area (Å²) in [6, 6.07) is 15.4. The second-order valence-electron chi connectivity index (χ2n) is 5.66. The highest BCUT2D eigenvalue weighted by Gasteiger charge is 2.11. The third-order valence-corrected chi connectivity index (χ3v) is 3.93. The zero-order valence-corrected chi connectivity index (χ0v) is 14.9. The van der Waals surface area contributed by atoms with Gasteiger partial charge in [-0.3, -0.25) is 4.79 Å². The fourth-order valence-electron chi connectivity index (χ4n) is 2.43. The smallest absolute Gasteiger partial charge is 0.337 e. The van der Waals surface area contributed by atoms with Crippen molar-refractivity contribution >= 4 is 11.9 Å². The molecule has 138 valence electrons. The van der Waals surface area contributed by atoms with Gasteiger partial charge in [-0.25, -0.2) is 4.79 Å². The lowest BCUT2D eigenvalue weighted by molar-refractivity contribution is 0.0600. The Morgan fingerprint density at radius 1 is 1.00 bits per heavy atom. The zero-order chi connectivity index (χ0) is 19.2. The lowest BCUT2D eigenvalue weighted by atomic mass is 10.1. The maximum Gasteiger partial charge on any atom is 0.337 e. The molecule has 3 rings (SSSR count). The summed E-state index contributed by atoms with van der Waals surface area (Å²) in [6.45, 7) is 0.219. The highest BCUT2D eigenvalue weighted by atomic mass is 16.5. The largest absolute Gasteiger partial charge is 0.497 e. The minimum atomic E-state index is -0.449. The molecule has 0 saturated heterocycles. The van der Waals surface area contributed by atoms with E-state index in [4.69, 9.17) is 9.26 Å². The van der Waals surface area contributed by atoms with Crippen molar-refractivity contribution in [1.82, 2.24) is 10.5 Å². The van der Waals surface area contributed by atoms with Crippen molar-refractivity contribution < 1.29 is 23.6 Å². The van der Waals surface area contributed by atoms with Crippen LogP contribution in [0.4, 0.5) is 0 Å². The lowest BCUT2D eigenvalue weighted by Crippen LogP contribution is -2.23. The molecule has 7 heteroatoms. The molecule has 0 atom stereocenters. The second-order valence-corrected chi connectivity index (χ2v) is 5.66. The number of ether oxygens (including phenoxy) is 2. The number of carbonyl (C=O) groups excluding carboxylic acids is 2. The van der Waals surface area contributed by atoms with Crippen LogP contribution in [0.15, 0.2) is 59.1 Å². The maximum atomic E-state index is 12.2. The quantitative estimate of drug-likeness (QED) is 0.674. The van der Waals surface area contributed by atoms with Crippen molar-refractivity contribution in [2.45, 2.75) is 6.54 Å². The van der Waals surface area contributed by atoms with Gasteiger partial charge in [0, 0.05) is 17.2 Å². The van der Waals surface area contributed by atoms with E-state index >= 15 is 0 Å². The summed E-state index contributed by atoms with van der Waals surface area (Å²) in [6.07, 6.45) is 0. The van der Waals surface area contributed by atoms with E-state index < -0.39 is 5.97 Å². The molecule has 0 aliphatic heterocycles. The SMILES string of the molecule is COC(=O)c1ccc(C(=O)NCc2cc(-c3ccc(OC)cc3)on2)cc1. The second kappa shape index (κ2) is 8.18. The molecule has 7 nitrogen and oxygen atoms in total. The molecule has 0 unspecified atom stereocenters. The Morgan fingerprint density at radius 2 is 1.67 bits per heavy atom. The van der Waals surface area contributed by atoms with E-state index in [-0.39, 0.29) is 12.5 Å². The molecule has 1 heterocycles. The van der Waals surface area contributed by atoms with Crippen molar-refractivity contribution in [3.8, 4) is 17.1 Å². The molecule has 0 aliphatic carbocycles. The summed E-state index contributed by atoms with van der Waals surface area (Å²) < 4.78 is 15.1. The van der Waals surface area contributed by atoms with Crippen LogP contribution in [0.3, 0.4) is 0 Å². The van der Waals surface area contributed by atoms with Crippen molar-refractivity contribution in [2.24, 2.45) is 0 Å². The molecule has 0 spiro atoms. The maximum absolute atomic E-state index is 12.2. The first-order valence-electron chi connectivity index (χ1n) is 8.17. The number of aromatic nitrogens is 1. The van der Waals surface area contributed by atoms with Crippen LogP contribution in [0.1, 0.15) is 26.4 Å². The van der Waals surface area contributed by atoms with E-state index in [1.165, 1.54) is 7.11 Å². The standard InChI is InChI=1S/C20H18N2O5/c1-25-17-9-7-13(8-10-17)18-11-16(22-27-18)12-21-19(23)14-3-5-15(6-4-14)20(24)26-2/h3-11H,12H2,1-2H3,(H,21,23). The van der Waals surface area contributed by atoms with E-state index in [0.29, 0.717) is 22.6 Å². The third kappa shape index (κ3) is 4.33. The first-order valence-corrected chi connectivity index (χ1v) is 8.17. The van der Waals surface area contributed by atoms with E-state index in [1.54, 1.807) is 37.4 Å². The molecule has 0 bridgehead atoms. The molecular weight excluding hydrogens is 348 g/mol. The fraction of sp³-hybridized carbons (Fsp3) is 0.150. The normalized spacial score (nSPS) is 10.3. The van der Waals surface area contributed by atoms with Gasteiger partial charge >= 0.3 is 5.97 Å². The van der Waals surface area contributed by atoms with Crippen LogP contribution < -0.4 is 10.1 Å². The van der Waals surface area contributed by atoms with E-state index in [2.05, 4.69) is 15.2 Å². The van der Waals surface area contributed by atoms with Crippen LogP contribution in [0.2, 0.25) is 0 Å². The van der Waals surface area contributed by atoms with E-state index in [9.17, 15) is 9.59 Å². The zero-order valence-electron chi connectivity index (χ0n) is 14.9. The molecule has 27 heavy (non-hydrogen) atoms. The number of carbonyl (C=O) groups is 2. The first kappa shape index (κ1) is 18.2. The van der Waals surface area contributed by atoms with Crippen LogP contribution >= 0.6 is 0 Å². The molecule has 0 saturated carbocycles. The summed E-state index contributed by atoms with van der Waals surface area (Å²) >= 11 is 0. The van der Waals surface area contributed by atoms with Crippen molar-refractivity contribution in [2.75, 3.05) is 14.2 Å². The molecule has 1 amide bonds. The van der Waals surface area contributed by atoms with Crippen LogP contribution in [0.5, 0.6) is 5.75 Å². The van der Waals surface area contributed by atoms with Gasteiger partial charge in [0.05, 0.1) is 26.3 Å². The number of esters is 1. The van der Waals surface area contributed by atoms with Crippen molar-refractivity contribution in [3.63, 3.8) is 0 Å². The lowest BCUT2D eigenvalue weighted by Gasteiger charge is -2.04. The van der Waals surface area contributed by atoms with Gasteiger partial charge < -0.3 is 19.3 Å². The Balaban J connectivity index is 1.60. The van der Waals surface area contributed by atoms with Crippen molar-refractivity contribution in [1.29, 1.82) is 0 Å². The van der Waals surface area contributed by atoms with Gasteiger partial charge in [-0.15, -0.1) is 0 Å². The van der Waals surface area contributed by atoms with Gasteiger partial charge in [-0.05, 0) is 48.5 Å². The fourth-order valence-corrected chi connectivity index (χ4v) is 2.43. The number of nitrogens with zero attached hydrogens (tertiary/aromatic N) is 1. The average Bonchev–Trinajstić information content (AvgIpc) is 3.20. The van der Waals surface area contributed by atoms with Gasteiger partial charge in [0.15, 0.2) is 5.76 Å². The molecule has 2 aromatic carbocycles. The highest BCUT2D eigenvalue weighted by Crippen LogP contribution is 2.23. The number of amides is 1. The summed E-state index contributed by atoms with van der Waals surface area (Å²) in [5.41, 5.74) is 2.27. The number of nitrogens with one attached hydrogen (secondary N) is 1. The highest BCUT2D eigenvalue weighted by molar-refractivity contribution is 5.96. The number of hydrogen-bond donors (Lipinski definition) is 1. The topological polar surface area (TPSA) is 90.7 Å². The van der Waals surface area contributed by atoms with Crippen LogP contribution in [0, 0.1) is 0 Å². The summed E-state index contributed by atoms with van der Waals surface area (Å²) in [5, 5.41) is 6.73. The van der Waals surface area contributed by atoms with E-state index in [1.807, 2.05) is 24.3 Å². The van der Waals surface area contributed by atoms with Gasteiger partial charge in [-0.1, -0.05) is 5.16 Å². The Kier molecular flexibility index (Phi) is 5.51. The minimum Gasteiger partial charge on any atom is -0.497 e. The predicted molar refractivity (Wildman–Crippen MR) is 97.4 cm³/mol. The Morgan fingerprint density at radius 3 is 2.30 bits per heavy atom. The first-order chi connectivity index (χ1) is 13.1. The number of methoxy groups -OCH3 is 2. The molecule has 0 radical (unpaired) electrons. The summed E-state index contributed by atoms with van der Waals surface area (Å²) in [7, 11) is 2.91. The van der Waals surface area contributed by atoms with Gasteiger partial charge in [0.1, 0.15) is 11.4 Å². The monoisotopic (exact) mass is 366 g/mol. The Labute approximate surface area is 155 Å². The van der Waals surface area contributed by atoms with Gasteiger partial charge in [-0.2, -0.15) is 0 Å². The minimum absolute atomic E-state index is 0.219. The number of hydrogen-bond acceptors (Lipinski definition) is 6. The summed E-state index contributed by atoms with van der Waals surface area (Å²) in [5.74, 6) is 0.629.